The first-order valence-corrected chi connectivity index (χ1v) is 7.80. The SMILES string of the molecule is CC(O)(CNC(=O)c1n[nH]c2c1CCCC2)c1ccc(F)cc1. The smallest absolute Gasteiger partial charge is 0.272 e. The highest BCUT2D eigenvalue weighted by atomic mass is 19.1. The predicted octanol–water partition coefficient (Wildman–Crippen LogP) is 2.07. The first-order chi connectivity index (χ1) is 11.0. The van der Waals surface area contributed by atoms with Crippen molar-refractivity contribution in [2.75, 3.05) is 6.54 Å². The summed E-state index contributed by atoms with van der Waals surface area (Å²) in [5.74, 6) is -0.663. The number of hydrogen-bond acceptors (Lipinski definition) is 3. The van der Waals surface area contributed by atoms with Crippen LogP contribution in [0.4, 0.5) is 4.39 Å². The number of halogens is 1. The number of fused-ring (bicyclic) bond motifs is 1. The number of aryl methyl sites for hydroxylation is 1. The third-order valence-electron chi connectivity index (χ3n) is 4.33. The topological polar surface area (TPSA) is 78.0 Å². The van der Waals surface area contributed by atoms with Crippen LogP contribution in [0.1, 0.15) is 47.1 Å². The molecule has 1 atom stereocenters. The fourth-order valence-corrected chi connectivity index (χ4v) is 2.92. The molecular formula is C17H20FN3O2. The molecule has 1 aliphatic carbocycles. The molecule has 6 heteroatoms. The maximum absolute atomic E-state index is 13.0. The monoisotopic (exact) mass is 317 g/mol. The molecule has 1 unspecified atom stereocenters. The van der Waals surface area contributed by atoms with Crippen molar-refractivity contribution in [3.63, 3.8) is 0 Å². The van der Waals surface area contributed by atoms with Crippen molar-refractivity contribution in [1.29, 1.82) is 0 Å². The van der Waals surface area contributed by atoms with Crippen molar-refractivity contribution >= 4 is 5.91 Å². The van der Waals surface area contributed by atoms with Crippen molar-refractivity contribution in [2.45, 2.75) is 38.2 Å². The van der Waals surface area contributed by atoms with Crippen LogP contribution in [0.2, 0.25) is 0 Å². The zero-order chi connectivity index (χ0) is 16.4. The molecule has 0 fully saturated rings. The second-order valence-corrected chi connectivity index (χ2v) is 6.20. The van der Waals surface area contributed by atoms with Gasteiger partial charge < -0.3 is 10.4 Å². The highest BCUT2D eigenvalue weighted by Crippen LogP contribution is 2.23. The maximum atomic E-state index is 13.0. The minimum atomic E-state index is -1.28. The van der Waals surface area contributed by atoms with E-state index in [4.69, 9.17) is 0 Å². The van der Waals surface area contributed by atoms with Gasteiger partial charge in [-0.1, -0.05) is 12.1 Å². The zero-order valence-corrected chi connectivity index (χ0v) is 13.0. The van der Waals surface area contributed by atoms with Gasteiger partial charge in [-0.15, -0.1) is 0 Å². The number of H-pyrrole nitrogens is 1. The van der Waals surface area contributed by atoms with E-state index in [1.807, 2.05) is 0 Å². The summed E-state index contributed by atoms with van der Waals surface area (Å²) in [4.78, 5) is 12.3. The van der Waals surface area contributed by atoms with Gasteiger partial charge in [0.05, 0.1) is 6.54 Å². The second kappa shape index (κ2) is 6.12. The van der Waals surface area contributed by atoms with Gasteiger partial charge in [0.15, 0.2) is 5.69 Å². The van der Waals surface area contributed by atoms with Gasteiger partial charge in [-0.05, 0) is 50.3 Å². The lowest BCUT2D eigenvalue weighted by Gasteiger charge is -2.24. The number of nitrogens with one attached hydrogen (secondary N) is 2. The Labute approximate surface area is 133 Å². The Morgan fingerprint density at radius 3 is 2.78 bits per heavy atom. The number of amides is 1. The highest BCUT2D eigenvalue weighted by molar-refractivity contribution is 5.94. The van der Waals surface area contributed by atoms with Crippen LogP contribution in [0.15, 0.2) is 24.3 Å². The number of aromatic amines is 1. The molecule has 1 aliphatic rings. The summed E-state index contributed by atoms with van der Waals surface area (Å²) in [5.41, 5.74) is 1.69. The largest absolute Gasteiger partial charge is 0.384 e. The first kappa shape index (κ1) is 15.7. The van der Waals surface area contributed by atoms with E-state index in [0.29, 0.717) is 11.3 Å². The third-order valence-corrected chi connectivity index (χ3v) is 4.33. The Morgan fingerprint density at radius 1 is 1.35 bits per heavy atom. The molecule has 0 aliphatic heterocycles. The molecule has 122 valence electrons. The molecule has 5 nitrogen and oxygen atoms in total. The van der Waals surface area contributed by atoms with Crippen LogP contribution in [-0.4, -0.2) is 27.8 Å². The fourth-order valence-electron chi connectivity index (χ4n) is 2.92. The Balaban J connectivity index is 1.68. The number of carbonyl (C=O) groups excluding carboxylic acids is 1. The summed E-state index contributed by atoms with van der Waals surface area (Å²) < 4.78 is 13.0. The minimum absolute atomic E-state index is 0.0269. The number of hydrogen-bond donors (Lipinski definition) is 3. The van der Waals surface area contributed by atoms with Gasteiger partial charge in [0, 0.05) is 11.3 Å². The lowest BCUT2D eigenvalue weighted by atomic mass is 9.94. The Kier molecular flexibility index (Phi) is 4.17. The number of carbonyl (C=O) groups is 1. The molecule has 1 aromatic carbocycles. The molecule has 0 saturated carbocycles. The highest BCUT2D eigenvalue weighted by Gasteiger charge is 2.26. The van der Waals surface area contributed by atoms with E-state index >= 15 is 0 Å². The molecule has 0 saturated heterocycles. The van der Waals surface area contributed by atoms with Gasteiger partial charge in [-0.3, -0.25) is 9.89 Å². The summed E-state index contributed by atoms with van der Waals surface area (Å²) >= 11 is 0. The van der Waals surface area contributed by atoms with Crippen LogP contribution in [0.3, 0.4) is 0 Å². The first-order valence-electron chi connectivity index (χ1n) is 7.80. The van der Waals surface area contributed by atoms with E-state index < -0.39 is 5.60 Å². The van der Waals surface area contributed by atoms with Crippen molar-refractivity contribution in [2.24, 2.45) is 0 Å². The molecule has 1 amide bonds. The number of aliphatic hydroxyl groups is 1. The van der Waals surface area contributed by atoms with Crippen molar-refractivity contribution < 1.29 is 14.3 Å². The van der Waals surface area contributed by atoms with Crippen LogP contribution in [0.25, 0.3) is 0 Å². The quantitative estimate of drug-likeness (QED) is 0.808. The Hall–Kier alpha value is -2.21. The normalized spacial score (nSPS) is 16.5. The van der Waals surface area contributed by atoms with Gasteiger partial charge in [0.2, 0.25) is 0 Å². The lowest BCUT2D eigenvalue weighted by Crippen LogP contribution is -2.39. The summed E-state index contributed by atoms with van der Waals surface area (Å²) in [7, 11) is 0. The summed E-state index contributed by atoms with van der Waals surface area (Å²) in [6, 6.07) is 5.60. The minimum Gasteiger partial charge on any atom is -0.384 e. The molecule has 2 aromatic rings. The molecular weight excluding hydrogens is 297 g/mol. The maximum Gasteiger partial charge on any atom is 0.272 e. The van der Waals surface area contributed by atoms with E-state index in [2.05, 4.69) is 15.5 Å². The van der Waals surface area contributed by atoms with Gasteiger partial charge in [0.1, 0.15) is 11.4 Å². The summed E-state index contributed by atoms with van der Waals surface area (Å²) in [6.07, 6.45) is 3.93. The number of nitrogens with zero attached hydrogens (tertiary/aromatic N) is 1. The molecule has 1 aromatic heterocycles. The van der Waals surface area contributed by atoms with Crippen molar-refractivity contribution in [3.05, 3.63) is 52.6 Å². The van der Waals surface area contributed by atoms with Crippen molar-refractivity contribution in [3.8, 4) is 0 Å². The van der Waals surface area contributed by atoms with Crippen molar-refractivity contribution in [1.82, 2.24) is 15.5 Å². The third kappa shape index (κ3) is 3.27. The zero-order valence-electron chi connectivity index (χ0n) is 13.0. The number of benzene rings is 1. The van der Waals surface area contributed by atoms with E-state index in [1.54, 1.807) is 6.92 Å². The van der Waals surface area contributed by atoms with Crippen LogP contribution in [0.5, 0.6) is 0 Å². The standard InChI is InChI=1S/C17H20FN3O2/c1-17(23,11-6-8-12(18)9-7-11)10-19-16(22)15-13-4-2-3-5-14(13)20-21-15/h6-9,23H,2-5,10H2,1H3,(H,19,22)(H,20,21). The van der Waals surface area contributed by atoms with E-state index in [1.165, 1.54) is 24.3 Å². The molecule has 0 bridgehead atoms. The molecule has 1 heterocycles. The Bertz CT molecular complexity index is 707. The molecule has 23 heavy (non-hydrogen) atoms. The van der Waals surface area contributed by atoms with E-state index in [9.17, 15) is 14.3 Å². The second-order valence-electron chi connectivity index (χ2n) is 6.20. The molecule has 0 radical (unpaired) electrons. The number of rotatable bonds is 4. The van der Waals surface area contributed by atoms with Crippen LogP contribution < -0.4 is 5.32 Å². The average Bonchev–Trinajstić information content (AvgIpc) is 2.97. The molecule has 3 N–H and O–H groups in total. The lowest BCUT2D eigenvalue weighted by molar-refractivity contribution is 0.0524. The molecule has 3 rings (SSSR count). The van der Waals surface area contributed by atoms with E-state index in [0.717, 1.165) is 36.9 Å². The van der Waals surface area contributed by atoms with Gasteiger partial charge in [-0.2, -0.15) is 5.10 Å². The van der Waals surface area contributed by atoms with Crippen LogP contribution in [0, 0.1) is 5.82 Å². The van der Waals surface area contributed by atoms with Gasteiger partial charge >= 0.3 is 0 Å². The number of aromatic nitrogens is 2. The van der Waals surface area contributed by atoms with Gasteiger partial charge in [0.25, 0.3) is 5.91 Å². The van der Waals surface area contributed by atoms with Crippen LogP contribution in [-0.2, 0) is 18.4 Å². The summed E-state index contributed by atoms with van der Waals surface area (Å²) in [5, 5.41) is 20.3. The van der Waals surface area contributed by atoms with Crippen LogP contribution >= 0.6 is 0 Å². The Morgan fingerprint density at radius 2 is 2.04 bits per heavy atom. The fraction of sp³-hybridized carbons (Fsp3) is 0.412. The van der Waals surface area contributed by atoms with E-state index in [-0.39, 0.29) is 18.3 Å². The summed E-state index contributed by atoms with van der Waals surface area (Å²) in [6.45, 7) is 1.61. The predicted molar refractivity (Wildman–Crippen MR) is 83.5 cm³/mol. The average molecular weight is 317 g/mol. The van der Waals surface area contributed by atoms with Gasteiger partial charge in [-0.25, -0.2) is 4.39 Å². The molecule has 0 spiro atoms.